The number of nitrogens with one attached hydrogen (secondary N) is 2. The molecule has 3 aromatic heterocycles. The lowest BCUT2D eigenvalue weighted by Gasteiger charge is -2.35. The number of nitrogens with zero attached hydrogens (tertiary/aromatic N) is 6. The van der Waals surface area contributed by atoms with Gasteiger partial charge in [-0.2, -0.15) is 23.3 Å². The van der Waals surface area contributed by atoms with E-state index < -0.39 is 30.0 Å². The number of pyridine rings is 1. The summed E-state index contributed by atoms with van der Waals surface area (Å²) < 4.78 is 53.5. The maximum absolute atomic E-state index is 14.0. The average molecular weight is 478 g/mol. The van der Waals surface area contributed by atoms with Crippen molar-refractivity contribution in [1.82, 2.24) is 24.7 Å². The first-order valence-corrected chi connectivity index (χ1v) is 10.4. The van der Waals surface area contributed by atoms with Crippen molar-refractivity contribution in [2.24, 2.45) is 0 Å². The number of carbonyl (C=O) groups is 1. The number of amides is 1. The van der Waals surface area contributed by atoms with Crippen molar-refractivity contribution in [1.29, 1.82) is 0 Å². The zero-order chi connectivity index (χ0) is 24.6. The summed E-state index contributed by atoms with van der Waals surface area (Å²) in [6.07, 6.45) is -1.35. The maximum atomic E-state index is 14.0. The summed E-state index contributed by atoms with van der Waals surface area (Å²) in [7, 11) is 1.61. The molecule has 13 heteroatoms. The zero-order valence-electron chi connectivity index (χ0n) is 18.6. The van der Waals surface area contributed by atoms with E-state index in [4.69, 9.17) is 0 Å². The fourth-order valence-corrected chi connectivity index (χ4v) is 3.70. The second-order valence-corrected chi connectivity index (χ2v) is 8.00. The highest BCUT2D eigenvalue weighted by Crippen LogP contribution is 2.33. The normalized spacial score (nSPS) is 16.7. The number of aryl methyl sites for hydroxylation is 1. The van der Waals surface area contributed by atoms with Crippen molar-refractivity contribution in [3.63, 3.8) is 0 Å². The Morgan fingerprint density at radius 1 is 1.21 bits per heavy atom. The molecular weight excluding hydrogens is 456 g/mol. The number of aromatic nitrogens is 5. The van der Waals surface area contributed by atoms with Crippen molar-refractivity contribution in [3.05, 3.63) is 53.2 Å². The topological polar surface area (TPSA) is 101 Å². The first kappa shape index (κ1) is 23.4. The minimum absolute atomic E-state index is 0.257. The van der Waals surface area contributed by atoms with E-state index in [1.54, 1.807) is 31.0 Å². The highest BCUT2D eigenvalue weighted by atomic mass is 19.4. The van der Waals surface area contributed by atoms with Crippen LogP contribution in [0.5, 0.6) is 0 Å². The second kappa shape index (κ2) is 8.88. The number of rotatable bonds is 6. The van der Waals surface area contributed by atoms with Gasteiger partial charge in [0.2, 0.25) is 11.9 Å². The predicted octanol–water partition coefficient (Wildman–Crippen LogP) is 3.17. The van der Waals surface area contributed by atoms with Gasteiger partial charge in [0, 0.05) is 31.5 Å². The molecule has 1 amide bonds. The summed E-state index contributed by atoms with van der Waals surface area (Å²) in [6.45, 7) is 3.61. The predicted molar refractivity (Wildman–Crippen MR) is 116 cm³/mol. The molecule has 2 atom stereocenters. The number of carbonyl (C=O) groups excluding carboxylic acids is 1. The fraction of sp³-hybridized carbons (Fsp3) is 0.381. The number of likely N-dealkylation sites (N-methyl/N-ethyl adjacent to an activating group) is 1. The number of halogens is 4. The van der Waals surface area contributed by atoms with Crippen LogP contribution in [-0.4, -0.2) is 49.9 Å². The SMILES string of the molecule is Cc1nc(NCc2cnn(Cc3ccc(C(F)(F)F)nc3)c2)nc2c1NC(=O)[C@H]([C@H](C)F)N2C. The Morgan fingerprint density at radius 2 is 1.97 bits per heavy atom. The molecule has 0 fully saturated rings. The summed E-state index contributed by atoms with van der Waals surface area (Å²) in [5.41, 5.74) is 1.39. The van der Waals surface area contributed by atoms with Crippen molar-refractivity contribution < 1.29 is 22.4 Å². The van der Waals surface area contributed by atoms with Crippen LogP contribution in [0.25, 0.3) is 0 Å². The lowest BCUT2D eigenvalue weighted by Crippen LogP contribution is -2.51. The Bertz CT molecular complexity index is 1190. The fourth-order valence-electron chi connectivity index (χ4n) is 3.70. The highest BCUT2D eigenvalue weighted by Gasteiger charge is 2.37. The smallest absolute Gasteiger partial charge is 0.350 e. The van der Waals surface area contributed by atoms with E-state index in [-0.39, 0.29) is 6.54 Å². The summed E-state index contributed by atoms with van der Waals surface area (Å²) in [4.78, 5) is 26.0. The molecule has 0 saturated heterocycles. The molecule has 0 aliphatic carbocycles. The summed E-state index contributed by atoms with van der Waals surface area (Å²) >= 11 is 0. The third-order valence-corrected chi connectivity index (χ3v) is 5.37. The van der Waals surface area contributed by atoms with Gasteiger partial charge in [-0.15, -0.1) is 0 Å². The first-order valence-electron chi connectivity index (χ1n) is 10.4. The minimum atomic E-state index is -4.48. The molecule has 34 heavy (non-hydrogen) atoms. The van der Waals surface area contributed by atoms with E-state index in [0.717, 1.165) is 11.6 Å². The maximum Gasteiger partial charge on any atom is 0.433 e. The lowest BCUT2D eigenvalue weighted by molar-refractivity contribution is -0.141. The van der Waals surface area contributed by atoms with Gasteiger partial charge >= 0.3 is 6.18 Å². The van der Waals surface area contributed by atoms with Gasteiger partial charge in [-0.25, -0.2) is 9.37 Å². The molecule has 0 bridgehead atoms. The van der Waals surface area contributed by atoms with Crippen LogP contribution in [0.4, 0.5) is 35.0 Å². The summed E-state index contributed by atoms with van der Waals surface area (Å²) in [5, 5.41) is 9.98. The molecule has 0 unspecified atom stereocenters. The lowest BCUT2D eigenvalue weighted by atomic mass is 10.1. The number of fused-ring (bicyclic) bond motifs is 1. The molecule has 2 N–H and O–H groups in total. The molecule has 0 aromatic carbocycles. The Kier molecular flexibility index (Phi) is 6.11. The van der Waals surface area contributed by atoms with Gasteiger partial charge in [-0.05, 0) is 25.5 Å². The molecule has 3 aromatic rings. The van der Waals surface area contributed by atoms with Crippen molar-refractivity contribution in [2.45, 2.75) is 45.3 Å². The first-order chi connectivity index (χ1) is 16.0. The highest BCUT2D eigenvalue weighted by molar-refractivity contribution is 6.03. The third-order valence-electron chi connectivity index (χ3n) is 5.37. The van der Waals surface area contributed by atoms with Crippen molar-refractivity contribution >= 4 is 23.4 Å². The van der Waals surface area contributed by atoms with Crippen LogP contribution >= 0.6 is 0 Å². The van der Waals surface area contributed by atoms with Crippen molar-refractivity contribution in [3.8, 4) is 0 Å². The number of hydrogen-bond acceptors (Lipinski definition) is 7. The molecule has 1 aliphatic rings. The zero-order valence-corrected chi connectivity index (χ0v) is 18.6. The van der Waals surface area contributed by atoms with Crippen LogP contribution in [-0.2, 0) is 24.1 Å². The molecule has 1 aliphatic heterocycles. The molecule has 0 spiro atoms. The quantitative estimate of drug-likeness (QED) is 0.525. The van der Waals surface area contributed by atoms with E-state index in [1.165, 1.54) is 24.1 Å². The monoisotopic (exact) mass is 478 g/mol. The van der Waals surface area contributed by atoms with Crippen LogP contribution in [0, 0.1) is 6.92 Å². The van der Waals surface area contributed by atoms with Gasteiger partial charge < -0.3 is 15.5 Å². The van der Waals surface area contributed by atoms with E-state index in [0.29, 0.717) is 35.3 Å². The number of alkyl halides is 4. The van der Waals surface area contributed by atoms with E-state index in [1.807, 2.05) is 0 Å². The standard InChI is InChI=1S/C21H22F4N8O/c1-11(22)17-19(34)30-16-12(2)29-20(31-18(16)32(17)3)27-7-14-8-28-33(10-14)9-13-4-5-15(26-6-13)21(23,24)25/h4-6,8,10-11,17H,7,9H2,1-3H3,(H,30,34)(H,27,29,31)/t11-,17-/m0/s1. The summed E-state index contributed by atoms with van der Waals surface area (Å²) in [5.74, 6) is 0.256. The van der Waals surface area contributed by atoms with Gasteiger partial charge in [-0.3, -0.25) is 14.5 Å². The molecule has 4 rings (SSSR count). The third kappa shape index (κ3) is 4.77. The Labute approximate surface area is 192 Å². The number of anilines is 3. The molecular formula is C21H22F4N8O. The van der Waals surface area contributed by atoms with E-state index >= 15 is 0 Å². The van der Waals surface area contributed by atoms with Gasteiger partial charge in [0.05, 0.1) is 18.4 Å². The molecule has 9 nitrogen and oxygen atoms in total. The van der Waals surface area contributed by atoms with E-state index in [2.05, 4.69) is 30.7 Å². The van der Waals surface area contributed by atoms with Crippen LogP contribution in [0.1, 0.15) is 29.4 Å². The molecule has 180 valence electrons. The second-order valence-electron chi connectivity index (χ2n) is 8.00. The minimum Gasteiger partial charge on any atom is -0.350 e. The van der Waals surface area contributed by atoms with Gasteiger partial charge in [0.15, 0.2) is 5.82 Å². The Balaban J connectivity index is 1.43. The van der Waals surface area contributed by atoms with Gasteiger partial charge in [0.25, 0.3) is 0 Å². The van der Waals surface area contributed by atoms with Crippen LogP contribution < -0.4 is 15.5 Å². The van der Waals surface area contributed by atoms with Gasteiger partial charge in [0.1, 0.15) is 23.6 Å². The average Bonchev–Trinajstić information content (AvgIpc) is 3.20. The van der Waals surface area contributed by atoms with Gasteiger partial charge in [-0.1, -0.05) is 6.07 Å². The summed E-state index contributed by atoms with van der Waals surface area (Å²) in [6, 6.07) is 1.30. The largest absolute Gasteiger partial charge is 0.433 e. The van der Waals surface area contributed by atoms with Crippen LogP contribution in [0.15, 0.2) is 30.7 Å². The van der Waals surface area contributed by atoms with Crippen LogP contribution in [0.3, 0.4) is 0 Å². The molecule has 0 saturated carbocycles. The number of hydrogen-bond donors (Lipinski definition) is 2. The Hall–Kier alpha value is -3.77. The van der Waals surface area contributed by atoms with Crippen molar-refractivity contribution in [2.75, 3.05) is 22.6 Å². The molecule has 0 radical (unpaired) electrons. The van der Waals surface area contributed by atoms with E-state index in [9.17, 15) is 22.4 Å². The van der Waals surface area contributed by atoms with Crippen LogP contribution in [0.2, 0.25) is 0 Å². The molecule has 4 heterocycles. The Morgan fingerprint density at radius 3 is 2.62 bits per heavy atom.